The minimum atomic E-state index is -0.264. The first-order valence-electron chi connectivity index (χ1n) is 5.03. The second-order valence-corrected chi connectivity index (χ2v) is 4.21. The highest BCUT2D eigenvalue weighted by molar-refractivity contribution is 9.10. The summed E-state index contributed by atoms with van der Waals surface area (Å²) >= 11 is 3.14. The lowest BCUT2D eigenvalue weighted by atomic mass is 10.4. The Kier molecular flexibility index (Phi) is 5.30. The molecule has 6 nitrogen and oxygen atoms in total. The quantitative estimate of drug-likeness (QED) is 0.782. The van der Waals surface area contributed by atoms with Crippen molar-refractivity contribution in [2.75, 3.05) is 20.3 Å². The van der Waals surface area contributed by atoms with E-state index in [4.69, 9.17) is 4.74 Å². The van der Waals surface area contributed by atoms with Crippen LogP contribution in [-0.2, 0) is 16.1 Å². The van der Waals surface area contributed by atoms with E-state index in [2.05, 4.69) is 26.2 Å². The fourth-order valence-electron chi connectivity index (χ4n) is 1.16. The van der Waals surface area contributed by atoms with Crippen LogP contribution in [0, 0.1) is 6.92 Å². The highest BCUT2D eigenvalue weighted by Gasteiger charge is 2.08. The predicted molar refractivity (Wildman–Crippen MR) is 65.8 cm³/mol. The van der Waals surface area contributed by atoms with Crippen molar-refractivity contribution in [3.8, 4) is 0 Å². The van der Waals surface area contributed by atoms with Crippen LogP contribution in [0.2, 0.25) is 0 Å². The summed E-state index contributed by atoms with van der Waals surface area (Å²) in [6.07, 6.45) is 1.36. The average Bonchev–Trinajstić information content (AvgIpc) is 2.30. The molecule has 0 aliphatic rings. The smallest absolute Gasteiger partial charge is 0.268 e. The normalized spacial score (nSPS) is 10.3. The third kappa shape index (κ3) is 3.94. The predicted octanol–water partition coefficient (Wildman–Crippen LogP) is 0.0768. The molecule has 1 N–H and O–H groups in total. The summed E-state index contributed by atoms with van der Waals surface area (Å²) in [6.45, 7) is 2.53. The van der Waals surface area contributed by atoms with Gasteiger partial charge >= 0.3 is 0 Å². The number of nitrogens with one attached hydrogen (secondary N) is 1. The van der Waals surface area contributed by atoms with E-state index < -0.39 is 0 Å². The van der Waals surface area contributed by atoms with Gasteiger partial charge < -0.3 is 10.1 Å². The van der Waals surface area contributed by atoms with Crippen molar-refractivity contribution in [2.45, 2.75) is 13.5 Å². The van der Waals surface area contributed by atoms with Gasteiger partial charge in [-0.2, -0.15) is 0 Å². The molecule has 1 aromatic heterocycles. The number of hydrogen-bond acceptors (Lipinski definition) is 4. The van der Waals surface area contributed by atoms with Crippen molar-refractivity contribution in [3.05, 3.63) is 26.8 Å². The largest absolute Gasteiger partial charge is 0.383 e. The van der Waals surface area contributed by atoms with Crippen LogP contribution < -0.4 is 10.9 Å². The Morgan fingerprint density at radius 1 is 1.65 bits per heavy atom. The number of carbonyl (C=O) groups excluding carboxylic acids is 1. The van der Waals surface area contributed by atoms with Crippen molar-refractivity contribution < 1.29 is 9.53 Å². The number of rotatable bonds is 5. The molecule has 0 aromatic carbocycles. The Labute approximate surface area is 107 Å². The van der Waals surface area contributed by atoms with Gasteiger partial charge in [-0.15, -0.1) is 0 Å². The van der Waals surface area contributed by atoms with Crippen molar-refractivity contribution in [1.29, 1.82) is 0 Å². The fourth-order valence-corrected chi connectivity index (χ4v) is 1.49. The van der Waals surface area contributed by atoms with Gasteiger partial charge in [0.25, 0.3) is 5.56 Å². The molecule has 1 aromatic rings. The van der Waals surface area contributed by atoms with E-state index in [1.54, 1.807) is 14.0 Å². The first-order chi connectivity index (χ1) is 8.06. The topological polar surface area (TPSA) is 73.2 Å². The molecule has 17 heavy (non-hydrogen) atoms. The molecule has 0 saturated heterocycles. The first kappa shape index (κ1) is 13.9. The van der Waals surface area contributed by atoms with Crippen LogP contribution in [0.3, 0.4) is 0 Å². The van der Waals surface area contributed by atoms with Crippen LogP contribution >= 0.6 is 15.9 Å². The first-order valence-corrected chi connectivity index (χ1v) is 5.82. The highest BCUT2D eigenvalue weighted by Crippen LogP contribution is 2.05. The third-order valence-corrected chi connectivity index (χ3v) is 3.01. The third-order valence-electron chi connectivity index (χ3n) is 2.10. The molecule has 1 rings (SSSR count). The maximum absolute atomic E-state index is 11.7. The Hall–Kier alpha value is -1.21. The fraction of sp³-hybridized carbons (Fsp3) is 0.500. The van der Waals surface area contributed by atoms with Crippen LogP contribution in [0.4, 0.5) is 0 Å². The monoisotopic (exact) mass is 303 g/mol. The maximum Gasteiger partial charge on any atom is 0.268 e. The zero-order valence-corrected chi connectivity index (χ0v) is 11.3. The molecule has 94 valence electrons. The number of aryl methyl sites for hydroxylation is 1. The molecule has 0 unspecified atom stereocenters. The number of nitrogens with zero attached hydrogens (tertiary/aromatic N) is 2. The lowest BCUT2D eigenvalue weighted by molar-refractivity contribution is -0.121. The second-order valence-electron chi connectivity index (χ2n) is 3.42. The Morgan fingerprint density at radius 3 is 3.00 bits per heavy atom. The summed E-state index contributed by atoms with van der Waals surface area (Å²) in [5.74, 6) is -0.248. The maximum atomic E-state index is 11.7. The van der Waals surface area contributed by atoms with Crippen molar-refractivity contribution in [2.24, 2.45) is 0 Å². The van der Waals surface area contributed by atoms with Crippen LogP contribution in [0.15, 0.2) is 15.6 Å². The van der Waals surface area contributed by atoms with Crippen LogP contribution in [0.25, 0.3) is 0 Å². The van der Waals surface area contributed by atoms with E-state index >= 15 is 0 Å². The molecule has 0 atom stereocenters. The molecular weight excluding hydrogens is 290 g/mol. The number of amides is 1. The molecule has 0 saturated carbocycles. The van der Waals surface area contributed by atoms with Crippen molar-refractivity contribution >= 4 is 21.8 Å². The summed E-state index contributed by atoms with van der Waals surface area (Å²) in [4.78, 5) is 27.2. The molecule has 0 bridgehead atoms. The highest BCUT2D eigenvalue weighted by atomic mass is 79.9. The summed E-state index contributed by atoms with van der Waals surface area (Å²) in [5.41, 5.74) is 0.338. The summed E-state index contributed by atoms with van der Waals surface area (Å²) in [5, 5.41) is 2.63. The molecule has 0 aliphatic heterocycles. The van der Waals surface area contributed by atoms with Gasteiger partial charge in [-0.25, -0.2) is 4.98 Å². The van der Waals surface area contributed by atoms with E-state index in [1.165, 1.54) is 10.9 Å². The van der Waals surface area contributed by atoms with Gasteiger partial charge in [0.15, 0.2) is 0 Å². The Balaban J connectivity index is 2.66. The van der Waals surface area contributed by atoms with Gasteiger partial charge in [-0.05, 0) is 22.9 Å². The van der Waals surface area contributed by atoms with E-state index in [-0.39, 0.29) is 18.0 Å². The van der Waals surface area contributed by atoms with E-state index in [9.17, 15) is 9.59 Å². The second kappa shape index (κ2) is 6.51. The van der Waals surface area contributed by atoms with Crippen LogP contribution in [0.5, 0.6) is 0 Å². The molecule has 1 heterocycles. The summed E-state index contributed by atoms with van der Waals surface area (Å²) in [6, 6.07) is 0. The van der Waals surface area contributed by atoms with E-state index in [1.807, 2.05) is 0 Å². The van der Waals surface area contributed by atoms with Crippen LogP contribution in [0.1, 0.15) is 5.69 Å². The van der Waals surface area contributed by atoms with Crippen LogP contribution in [-0.4, -0.2) is 35.7 Å². The number of carbonyl (C=O) groups is 1. The number of hydrogen-bond donors (Lipinski definition) is 1. The van der Waals surface area contributed by atoms with Gasteiger partial charge in [-0.1, -0.05) is 0 Å². The van der Waals surface area contributed by atoms with Gasteiger partial charge in [0.2, 0.25) is 5.91 Å². The van der Waals surface area contributed by atoms with Gasteiger partial charge in [0.1, 0.15) is 11.0 Å². The van der Waals surface area contributed by atoms with E-state index in [0.717, 1.165) is 0 Å². The van der Waals surface area contributed by atoms with E-state index in [0.29, 0.717) is 23.3 Å². The van der Waals surface area contributed by atoms with Crippen molar-refractivity contribution in [1.82, 2.24) is 14.9 Å². The molecular formula is C10H14BrN3O3. The Bertz CT molecular complexity index is 459. The standard InChI is InChI=1S/C10H14BrN3O3/c1-7-9(11)10(16)14(6-13-7)5-8(15)12-3-4-17-2/h6H,3-5H2,1-2H3,(H,12,15). The minimum absolute atomic E-state index is 0.0472. The minimum Gasteiger partial charge on any atom is -0.383 e. The zero-order valence-electron chi connectivity index (χ0n) is 9.70. The van der Waals surface area contributed by atoms with Gasteiger partial charge in [0.05, 0.1) is 18.6 Å². The Morgan fingerprint density at radius 2 is 2.35 bits per heavy atom. The number of methoxy groups -OCH3 is 1. The summed E-state index contributed by atoms with van der Waals surface area (Å²) < 4.78 is 6.43. The SMILES string of the molecule is COCCNC(=O)Cn1cnc(C)c(Br)c1=O. The molecule has 0 radical (unpaired) electrons. The van der Waals surface area contributed by atoms with Gasteiger partial charge in [0, 0.05) is 13.7 Å². The number of halogens is 1. The van der Waals surface area contributed by atoms with Crippen molar-refractivity contribution in [3.63, 3.8) is 0 Å². The van der Waals surface area contributed by atoms with Gasteiger partial charge in [-0.3, -0.25) is 14.2 Å². The molecule has 1 amide bonds. The molecule has 0 fully saturated rings. The lowest BCUT2D eigenvalue weighted by Gasteiger charge is -2.07. The molecule has 0 aliphatic carbocycles. The number of aromatic nitrogens is 2. The molecule has 7 heteroatoms. The number of ether oxygens (including phenoxy) is 1. The lowest BCUT2D eigenvalue weighted by Crippen LogP contribution is -2.34. The molecule has 0 spiro atoms. The zero-order chi connectivity index (χ0) is 12.8. The summed E-state index contributed by atoms with van der Waals surface area (Å²) in [7, 11) is 1.55. The average molecular weight is 304 g/mol.